The van der Waals surface area contributed by atoms with Gasteiger partial charge in [0.2, 0.25) is 0 Å². The van der Waals surface area contributed by atoms with Crippen LogP contribution in [-0.4, -0.2) is 44.2 Å². The molecule has 0 aromatic heterocycles. The summed E-state index contributed by atoms with van der Waals surface area (Å²) in [6.07, 6.45) is -2.14. The van der Waals surface area contributed by atoms with E-state index in [0.717, 1.165) is 37.4 Å². The summed E-state index contributed by atoms with van der Waals surface area (Å²) >= 11 is 6.38. The van der Waals surface area contributed by atoms with Crippen LogP contribution >= 0.6 is 11.6 Å². The second-order valence-electron chi connectivity index (χ2n) is 8.71. The first-order valence-corrected chi connectivity index (χ1v) is 11.9. The molecule has 9 heteroatoms. The summed E-state index contributed by atoms with van der Waals surface area (Å²) in [7, 11) is 1.63. The van der Waals surface area contributed by atoms with Crippen molar-refractivity contribution in [3.63, 3.8) is 0 Å². The molecule has 2 aliphatic rings. The fourth-order valence-corrected chi connectivity index (χ4v) is 4.95. The minimum Gasteiger partial charge on any atom is -0.497 e. The quantitative estimate of drug-likeness (QED) is 0.455. The number of anilines is 2. The van der Waals surface area contributed by atoms with Crippen molar-refractivity contribution < 1.29 is 22.6 Å². The predicted octanol–water partition coefficient (Wildman–Crippen LogP) is 6.55. The summed E-state index contributed by atoms with van der Waals surface area (Å²) in [5, 5.41) is 6.11. The molecule has 0 aliphatic carbocycles. The number of ether oxygens (including phenoxy) is 2. The number of hydrogen-bond acceptors (Lipinski definition) is 5. The Morgan fingerprint density at radius 3 is 2.29 bits per heavy atom. The second-order valence-corrected chi connectivity index (χ2v) is 9.11. The van der Waals surface area contributed by atoms with Crippen molar-refractivity contribution in [3.8, 4) is 11.5 Å². The molecule has 0 spiro atoms. The molecule has 2 aromatic carbocycles. The maximum Gasteiger partial charge on any atom is 0.431 e. The standard InChI is InChI=1S/C25H29ClF3N3O2/c1-4-22-16(2)24(25(27,28)29)30-32(22)17-5-7-18(8-6-17)34-19-11-13-31(14-12-19)23-15-20(33-3)9-10-21(23)26/h5-10,15-16,19,22H,4,11-14H2,1-3H3/t16?,22-/m0/s1. The number of nitrogens with zero attached hydrogens (tertiary/aromatic N) is 3. The zero-order valence-corrected chi connectivity index (χ0v) is 20.2. The lowest BCUT2D eigenvalue weighted by molar-refractivity contribution is -0.0620. The van der Waals surface area contributed by atoms with Gasteiger partial charge in [-0.05, 0) is 42.8 Å². The highest BCUT2D eigenvalue weighted by Crippen LogP contribution is 2.37. The van der Waals surface area contributed by atoms with Gasteiger partial charge in [0, 0.05) is 37.9 Å². The van der Waals surface area contributed by atoms with Gasteiger partial charge < -0.3 is 14.4 Å². The van der Waals surface area contributed by atoms with Crippen LogP contribution in [0, 0.1) is 5.92 Å². The average Bonchev–Trinajstić information content (AvgIpc) is 3.17. The molecule has 2 atom stereocenters. The highest BCUT2D eigenvalue weighted by atomic mass is 35.5. The molecule has 1 saturated heterocycles. The van der Waals surface area contributed by atoms with Crippen LogP contribution in [0.3, 0.4) is 0 Å². The fraction of sp³-hybridized carbons (Fsp3) is 0.480. The van der Waals surface area contributed by atoms with Crippen LogP contribution in [0.15, 0.2) is 47.6 Å². The Morgan fingerprint density at radius 2 is 1.71 bits per heavy atom. The van der Waals surface area contributed by atoms with Crippen LogP contribution < -0.4 is 19.4 Å². The Morgan fingerprint density at radius 1 is 1.06 bits per heavy atom. The molecule has 5 nitrogen and oxygen atoms in total. The average molecular weight is 496 g/mol. The molecule has 0 saturated carbocycles. The van der Waals surface area contributed by atoms with Crippen LogP contribution in [0.1, 0.15) is 33.1 Å². The SMILES string of the molecule is CC[C@H]1C(C)C(C(F)(F)F)=NN1c1ccc(OC2CCN(c3cc(OC)ccc3Cl)CC2)cc1. The Hall–Kier alpha value is -2.61. The third kappa shape index (κ3) is 5.06. The lowest BCUT2D eigenvalue weighted by atomic mass is 9.95. The van der Waals surface area contributed by atoms with Crippen molar-refractivity contribution in [2.75, 3.05) is 30.1 Å². The molecule has 34 heavy (non-hydrogen) atoms. The van der Waals surface area contributed by atoms with Gasteiger partial charge >= 0.3 is 6.18 Å². The lowest BCUT2D eigenvalue weighted by Crippen LogP contribution is -2.38. The van der Waals surface area contributed by atoms with Crippen LogP contribution in [0.25, 0.3) is 0 Å². The highest BCUT2D eigenvalue weighted by Gasteiger charge is 2.47. The molecular weight excluding hydrogens is 467 g/mol. The van der Waals surface area contributed by atoms with Crippen LogP contribution in [-0.2, 0) is 0 Å². The van der Waals surface area contributed by atoms with Crippen molar-refractivity contribution in [3.05, 3.63) is 47.5 Å². The Balaban J connectivity index is 1.38. The summed E-state index contributed by atoms with van der Waals surface area (Å²) in [6, 6.07) is 12.5. The molecule has 0 bridgehead atoms. The van der Waals surface area contributed by atoms with E-state index in [9.17, 15) is 13.2 Å². The number of methoxy groups -OCH3 is 1. The number of halogens is 4. The third-order valence-electron chi connectivity index (χ3n) is 6.59. The van der Waals surface area contributed by atoms with E-state index < -0.39 is 17.8 Å². The van der Waals surface area contributed by atoms with Gasteiger partial charge in [0.15, 0.2) is 0 Å². The Bertz CT molecular complexity index is 1020. The van der Waals surface area contributed by atoms with E-state index in [1.165, 1.54) is 5.01 Å². The van der Waals surface area contributed by atoms with Crippen molar-refractivity contribution in [1.82, 2.24) is 0 Å². The van der Waals surface area contributed by atoms with E-state index in [-0.39, 0.29) is 12.1 Å². The first-order chi connectivity index (χ1) is 16.2. The van der Waals surface area contributed by atoms with E-state index in [2.05, 4.69) is 10.0 Å². The topological polar surface area (TPSA) is 37.3 Å². The van der Waals surface area contributed by atoms with Crippen molar-refractivity contribution in [1.29, 1.82) is 0 Å². The fourth-order valence-electron chi connectivity index (χ4n) is 4.71. The van der Waals surface area contributed by atoms with Crippen molar-refractivity contribution in [2.24, 2.45) is 11.0 Å². The molecule has 1 unspecified atom stereocenters. The first kappa shape index (κ1) is 24.5. The van der Waals surface area contributed by atoms with Gasteiger partial charge in [0.05, 0.1) is 29.5 Å². The first-order valence-electron chi connectivity index (χ1n) is 11.5. The van der Waals surface area contributed by atoms with Gasteiger partial charge in [-0.15, -0.1) is 0 Å². The highest BCUT2D eigenvalue weighted by molar-refractivity contribution is 6.33. The van der Waals surface area contributed by atoms with Gasteiger partial charge in [-0.25, -0.2) is 0 Å². The molecular formula is C25H29ClF3N3O2. The van der Waals surface area contributed by atoms with Crippen LogP contribution in [0.5, 0.6) is 11.5 Å². The number of hydrazone groups is 1. The van der Waals surface area contributed by atoms with E-state index in [1.54, 1.807) is 38.3 Å². The maximum absolute atomic E-state index is 13.3. The number of rotatable bonds is 6. The summed E-state index contributed by atoms with van der Waals surface area (Å²) in [5.74, 6) is 0.786. The molecule has 4 rings (SSSR count). The van der Waals surface area contributed by atoms with Gasteiger partial charge in [0.1, 0.15) is 23.3 Å². The third-order valence-corrected chi connectivity index (χ3v) is 6.91. The predicted molar refractivity (Wildman–Crippen MR) is 130 cm³/mol. The minimum atomic E-state index is -4.42. The molecule has 1 fully saturated rings. The summed E-state index contributed by atoms with van der Waals surface area (Å²) in [4.78, 5) is 2.23. The van der Waals surface area contributed by atoms with E-state index in [4.69, 9.17) is 21.1 Å². The van der Waals surface area contributed by atoms with Gasteiger partial charge in [-0.3, -0.25) is 5.01 Å². The molecule has 2 heterocycles. The number of piperidine rings is 1. The maximum atomic E-state index is 13.3. The summed E-state index contributed by atoms with van der Waals surface area (Å²) in [6.45, 7) is 5.07. The van der Waals surface area contributed by atoms with Gasteiger partial charge in [-0.2, -0.15) is 18.3 Å². The van der Waals surface area contributed by atoms with E-state index >= 15 is 0 Å². The van der Waals surface area contributed by atoms with Gasteiger partial charge in [-0.1, -0.05) is 25.4 Å². The second kappa shape index (κ2) is 9.94. The van der Waals surface area contributed by atoms with Crippen LogP contribution in [0.2, 0.25) is 5.02 Å². The van der Waals surface area contributed by atoms with Crippen molar-refractivity contribution >= 4 is 28.7 Å². The number of alkyl halides is 3. The Kier molecular flexibility index (Phi) is 7.17. The molecule has 2 aliphatic heterocycles. The zero-order valence-electron chi connectivity index (χ0n) is 19.5. The van der Waals surface area contributed by atoms with E-state index in [1.807, 2.05) is 25.1 Å². The van der Waals surface area contributed by atoms with Gasteiger partial charge in [0.25, 0.3) is 0 Å². The lowest BCUT2D eigenvalue weighted by Gasteiger charge is -2.34. The number of benzene rings is 2. The molecule has 184 valence electrons. The molecule has 0 amide bonds. The summed E-state index contributed by atoms with van der Waals surface area (Å²) in [5.41, 5.74) is 0.864. The van der Waals surface area contributed by atoms with E-state index in [0.29, 0.717) is 22.9 Å². The van der Waals surface area contributed by atoms with Crippen molar-refractivity contribution in [2.45, 2.75) is 51.4 Å². The van der Waals surface area contributed by atoms with Crippen LogP contribution in [0.4, 0.5) is 24.5 Å². The molecule has 2 aromatic rings. The normalized spacial score (nSPS) is 21.6. The summed E-state index contributed by atoms with van der Waals surface area (Å²) < 4.78 is 51.5. The largest absolute Gasteiger partial charge is 0.497 e. The number of hydrogen-bond donors (Lipinski definition) is 0. The zero-order chi connectivity index (χ0) is 24.5. The molecule has 0 radical (unpaired) electrons. The molecule has 0 N–H and O–H groups in total. The minimum absolute atomic E-state index is 0.0523. The Labute approximate surface area is 203 Å². The smallest absolute Gasteiger partial charge is 0.431 e. The monoisotopic (exact) mass is 495 g/mol.